The van der Waals surface area contributed by atoms with E-state index in [2.05, 4.69) is 32.0 Å². The number of amides is 3. The van der Waals surface area contributed by atoms with Crippen LogP contribution in [0, 0.1) is 0 Å². The van der Waals surface area contributed by atoms with Crippen molar-refractivity contribution in [1.29, 1.82) is 0 Å². The van der Waals surface area contributed by atoms with Crippen molar-refractivity contribution in [2.24, 2.45) is 0 Å². The number of nitrogens with zero attached hydrogens (tertiary/aromatic N) is 3. The van der Waals surface area contributed by atoms with E-state index in [9.17, 15) is 14.4 Å². The summed E-state index contributed by atoms with van der Waals surface area (Å²) in [4.78, 5) is 49.5. The van der Waals surface area contributed by atoms with Gasteiger partial charge < -0.3 is 43.9 Å². The fraction of sp³-hybridized carbons (Fsp3) is 0.353. The number of methoxy groups -OCH3 is 2. The fourth-order valence-electron chi connectivity index (χ4n) is 10.2. The molecule has 3 amide bonds. The number of ether oxygens (including phenoxy) is 3. The summed E-state index contributed by atoms with van der Waals surface area (Å²) in [5, 5.41) is 9.64. The van der Waals surface area contributed by atoms with Crippen molar-refractivity contribution < 1.29 is 37.4 Å². The molecular weight excluding hydrogens is 825 g/mol. The number of aromatic nitrogens is 2. The van der Waals surface area contributed by atoms with Crippen LogP contribution in [-0.4, -0.2) is 89.9 Å². The number of carbonyl (C=O) groups is 3. The number of rotatable bonds is 4. The van der Waals surface area contributed by atoms with E-state index in [0.29, 0.717) is 30.8 Å². The van der Waals surface area contributed by atoms with Gasteiger partial charge >= 0.3 is 6.09 Å². The van der Waals surface area contributed by atoms with Crippen molar-refractivity contribution in [2.45, 2.75) is 76.0 Å². The van der Waals surface area contributed by atoms with Gasteiger partial charge in [0.15, 0.2) is 0 Å². The molecule has 0 unspecified atom stereocenters. The van der Waals surface area contributed by atoms with Gasteiger partial charge in [-0.2, -0.15) is 0 Å². The van der Waals surface area contributed by atoms with Gasteiger partial charge in [0, 0.05) is 84.8 Å². The summed E-state index contributed by atoms with van der Waals surface area (Å²) in [5.41, 5.74) is 10.2. The molecule has 2 aliphatic carbocycles. The lowest BCUT2D eigenvalue weighted by atomic mass is 9.80. The molecule has 0 saturated carbocycles. The van der Waals surface area contributed by atoms with E-state index in [-0.39, 0.29) is 23.4 Å². The molecule has 12 rings (SSSR count). The molecule has 2 fully saturated rings. The molecule has 2 aromatic carbocycles. The average Bonchev–Trinajstić information content (AvgIpc) is 3.86. The minimum Gasteiger partial charge on any atom is -0.497 e. The Morgan fingerprint density at radius 1 is 0.677 bits per heavy atom. The maximum atomic E-state index is 13.3. The van der Waals surface area contributed by atoms with Crippen LogP contribution in [0.1, 0.15) is 75.3 Å². The normalized spacial score (nSPS) is 17.8. The third-order valence-electron chi connectivity index (χ3n) is 13.5. The van der Waals surface area contributed by atoms with Crippen LogP contribution in [0.2, 0.25) is 0 Å². The summed E-state index contributed by atoms with van der Waals surface area (Å²) < 4.78 is 28.8. The van der Waals surface area contributed by atoms with Gasteiger partial charge in [-0.3, -0.25) is 19.6 Å². The molecule has 0 bridgehead atoms. The monoisotopic (exact) mass is 874 g/mol. The lowest BCUT2D eigenvalue weighted by Crippen LogP contribution is -2.73. The topological polar surface area (TPSA) is 170 Å². The van der Waals surface area contributed by atoms with E-state index >= 15 is 0 Å². The minimum atomic E-state index is -0.560. The maximum Gasteiger partial charge on any atom is 0.410 e. The summed E-state index contributed by atoms with van der Waals surface area (Å²) >= 11 is 0. The Bertz CT molecular complexity index is 2920. The first-order valence-corrected chi connectivity index (χ1v) is 22.2. The largest absolute Gasteiger partial charge is 0.497 e. The van der Waals surface area contributed by atoms with Crippen LogP contribution in [0.25, 0.3) is 45.2 Å². The van der Waals surface area contributed by atoms with Crippen molar-refractivity contribution in [3.05, 3.63) is 118 Å². The molecule has 6 aromatic rings. The zero-order valence-electron chi connectivity index (χ0n) is 37.1. The molecule has 0 radical (unpaired) electrons. The molecule has 4 aliphatic heterocycles. The maximum absolute atomic E-state index is 13.3. The third kappa shape index (κ3) is 7.11. The highest BCUT2D eigenvalue weighted by Crippen LogP contribution is 2.45. The van der Waals surface area contributed by atoms with Gasteiger partial charge in [-0.25, -0.2) is 4.79 Å². The number of pyridine rings is 2. The molecule has 14 nitrogen and oxygen atoms in total. The Morgan fingerprint density at radius 3 is 1.57 bits per heavy atom. The number of aryl methyl sites for hydroxylation is 2. The predicted octanol–water partition coefficient (Wildman–Crippen LogP) is 7.13. The van der Waals surface area contributed by atoms with Crippen LogP contribution in [-0.2, 0) is 43.3 Å². The second-order valence-electron chi connectivity index (χ2n) is 19.1. The zero-order chi connectivity index (χ0) is 44.8. The minimum absolute atomic E-state index is 0.00522. The predicted molar refractivity (Wildman–Crippen MR) is 241 cm³/mol. The fourth-order valence-corrected chi connectivity index (χ4v) is 10.2. The zero-order valence-corrected chi connectivity index (χ0v) is 37.1. The quantitative estimate of drug-likeness (QED) is 0.165. The van der Waals surface area contributed by atoms with Gasteiger partial charge in [0.1, 0.15) is 40.1 Å². The molecule has 6 aliphatic rings. The summed E-state index contributed by atoms with van der Waals surface area (Å²) in [6, 6.07) is 19.8. The molecule has 4 aromatic heterocycles. The Kier molecular flexibility index (Phi) is 9.47. The van der Waals surface area contributed by atoms with E-state index in [1.807, 2.05) is 87.8 Å². The molecule has 332 valence electrons. The smallest absolute Gasteiger partial charge is 0.410 e. The molecule has 2 spiro atoms. The molecule has 65 heavy (non-hydrogen) atoms. The summed E-state index contributed by atoms with van der Waals surface area (Å²) in [6.45, 7) is 7.93. The van der Waals surface area contributed by atoms with E-state index < -0.39 is 11.1 Å². The van der Waals surface area contributed by atoms with Crippen molar-refractivity contribution in [2.75, 3.05) is 40.4 Å². The molecule has 2 saturated heterocycles. The van der Waals surface area contributed by atoms with Crippen LogP contribution in [0.3, 0.4) is 0 Å². The van der Waals surface area contributed by atoms with Crippen molar-refractivity contribution >= 4 is 17.9 Å². The first kappa shape index (κ1) is 40.8. The number of hydrogen-bond donors (Lipinski definition) is 3. The number of hydrogen-bond acceptors (Lipinski definition) is 11. The van der Waals surface area contributed by atoms with Gasteiger partial charge in [-0.1, -0.05) is 0 Å². The summed E-state index contributed by atoms with van der Waals surface area (Å²) in [5.74, 6) is 4.61. The standard InChI is InChI=1S/C28H29N3O5.C23H21N3O3/c1-27(2,3)36-26(33)31-14-28(15-31)12-22-23(25(32)30-28)19-10-7-17-13-29-21(11-20(17)24(19)35-22)16-5-8-18(34-4)9-6-16;1-28-15-5-2-13(3-6-15)18-8-17-14(10-25-18)4-7-16-20-19(29-21(16)17)9-23(11-24-12-23)26-22(20)27/h5-6,8-9,11,13H,7,10,12,14-15H2,1-4H3,(H,30,32);2-3,5-6,8,10,24H,4,7,9,11-12H2,1H3,(H,26,27). The highest BCUT2D eigenvalue weighted by molar-refractivity contribution is 6.02. The van der Waals surface area contributed by atoms with Gasteiger partial charge in [-0.05, 0) is 118 Å². The SMILES string of the molecule is COc1ccc(-c2cc3c(cn2)CCc2c-3oc3c2C(=O)NC2(C3)CN(C(=O)OC(C)(C)C)C2)cc1.COc1ccc(-c2cc3c(cn2)CCc2c-3oc3c2C(=O)NC2(CNC2)C3)cc1. The van der Waals surface area contributed by atoms with Crippen molar-refractivity contribution in [3.8, 4) is 56.7 Å². The van der Waals surface area contributed by atoms with Crippen LogP contribution in [0.15, 0.2) is 81.9 Å². The molecule has 0 atom stereocenters. The first-order valence-electron chi connectivity index (χ1n) is 22.2. The second-order valence-corrected chi connectivity index (χ2v) is 19.1. The van der Waals surface area contributed by atoms with Gasteiger partial charge in [-0.15, -0.1) is 0 Å². The first-order chi connectivity index (χ1) is 31.3. The number of benzene rings is 2. The average molecular weight is 875 g/mol. The number of furan rings is 2. The van der Waals surface area contributed by atoms with Gasteiger partial charge in [0.2, 0.25) is 0 Å². The van der Waals surface area contributed by atoms with E-state index in [1.54, 1.807) is 19.1 Å². The van der Waals surface area contributed by atoms with E-state index in [4.69, 9.17) is 23.0 Å². The highest BCUT2D eigenvalue weighted by Gasteiger charge is 2.52. The number of likely N-dealkylation sites (tertiary alicyclic amines) is 1. The molecule has 8 heterocycles. The van der Waals surface area contributed by atoms with E-state index in [1.165, 1.54) is 5.56 Å². The molecule has 3 N–H and O–H groups in total. The van der Waals surface area contributed by atoms with E-state index in [0.717, 1.165) is 130 Å². The van der Waals surface area contributed by atoms with Crippen LogP contribution in [0.4, 0.5) is 4.79 Å². The highest BCUT2D eigenvalue weighted by atomic mass is 16.6. The summed E-state index contributed by atoms with van der Waals surface area (Å²) in [6.07, 6.45) is 7.99. The third-order valence-corrected chi connectivity index (χ3v) is 13.5. The molecular formula is C51H50N6O8. The Labute approximate surface area is 376 Å². The van der Waals surface area contributed by atoms with Gasteiger partial charge in [0.05, 0.1) is 47.8 Å². The number of fused-ring (bicyclic) bond motifs is 10. The van der Waals surface area contributed by atoms with Gasteiger partial charge in [0.25, 0.3) is 11.8 Å². The lowest BCUT2D eigenvalue weighted by molar-refractivity contribution is -0.0179. The van der Waals surface area contributed by atoms with Crippen LogP contribution in [0.5, 0.6) is 11.5 Å². The summed E-state index contributed by atoms with van der Waals surface area (Å²) in [7, 11) is 3.30. The van der Waals surface area contributed by atoms with Crippen LogP contribution >= 0.6 is 0 Å². The van der Waals surface area contributed by atoms with Crippen molar-refractivity contribution in [1.82, 2.24) is 30.8 Å². The lowest BCUT2D eigenvalue weighted by Gasteiger charge is -2.51. The Hall–Kier alpha value is -6.93. The van der Waals surface area contributed by atoms with Crippen LogP contribution < -0.4 is 25.4 Å². The number of nitrogens with one attached hydrogen (secondary N) is 3. The molecule has 14 heteroatoms. The number of carbonyl (C=O) groups excluding carboxylic acids is 3. The Morgan fingerprint density at radius 2 is 1.14 bits per heavy atom. The van der Waals surface area contributed by atoms with Crippen molar-refractivity contribution in [3.63, 3.8) is 0 Å². The Balaban J connectivity index is 0.000000147. The second kappa shape index (κ2) is 15.1.